The number of aromatic nitrogens is 1. The molecular formula is C12H14F4N4O. The molecule has 9 heteroatoms. The Bertz CT molecular complexity index is 603. The summed E-state index contributed by atoms with van der Waals surface area (Å²) in [5, 5.41) is 0. The Morgan fingerprint density at radius 1 is 1.24 bits per heavy atom. The molecular weight excluding hydrogens is 292 g/mol. The normalized spacial score (nSPS) is 30.1. The Balaban J connectivity index is 2.51. The Morgan fingerprint density at radius 3 is 2.38 bits per heavy atom. The van der Waals surface area contributed by atoms with Crippen molar-refractivity contribution >= 4 is 11.7 Å². The summed E-state index contributed by atoms with van der Waals surface area (Å²) < 4.78 is 57.7. The summed E-state index contributed by atoms with van der Waals surface area (Å²) >= 11 is 0. The second-order valence-electron chi connectivity index (χ2n) is 5.16. The molecule has 0 aromatic carbocycles. The van der Waals surface area contributed by atoms with Gasteiger partial charge in [-0.15, -0.1) is 0 Å². The third-order valence-electron chi connectivity index (χ3n) is 3.42. The van der Waals surface area contributed by atoms with Crippen LogP contribution in [0.3, 0.4) is 0 Å². The van der Waals surface area contributed by atoms with Crippen molar-refractivity contribution in [3.05, 3.63) is 23.6 Å². The first-order valence-electron chi connectivity index (χ1n) is 5.98. The molecule has 1 aliphatic rings. The van der Waals surface area contributed by atoms with Gasteiger partial charge in [-0.25, -0.2) is 9.37 Å². The number of pyridine rings is 1. The number of anilines is 1. The highest BCUT2D eigenvalue weighted by atomic mass is 19.4. The first-order chi connectivity index (χ1) is 9.49. The van der Waals surface area contributed by atoms with Gasteiger partial charge in [0, 0.05) is 0 Å². The number of alkyl halides is 3. The molecule has 4 N–H and O–H groups in total. The lowest BCUT2D eigenvalue weighted by Crippen LogP contribution is -2.60. The van der Waals surface area contributed by atoms with Crippen molar-refractivity contribution < 1.29 is 22.3 Å². The van der Waals surface area contributed by atoms with Gasteiger partial charge in [-0.05, 0) is 26.0 Å². The van der Waals surface area contributed by atoms with Gasteiger partial charge in [0.2, 0.25) is 5.60 Å². The Morgan fingerprint density at radius 2 is 1.86 bits per heavy atom. The molecule has 0 saturated heterocycles. The second kappa shape index (κ2) is 4.55. The van der Waals surface area contributed by atoms with E-state index in [-0.39, 0.29) is 11.5 Å². The lowest BCUT2D eigenvalue weighted by Gasteiger charge is -2.40. The lowest BCUT2D eigenvalue weighted by molar-refractivity contribution is -0.249. The van der Waals surface area contributed by atoms with Gasteiger partial charge in [-0.3, -0.25) is 4.99 Å². The van der Waals surface area contributed by atoms with E-state index in [0.29, 0.717) is 0 Å². The highest BCUT2D eigenvalue weighted by molar-refractivity contribution is 5.90. The van der Waals surface area contributed by atoms with Crippen LogP contribution in [0, 0.1) is 5.82 Å². The van der Waals surface area contributed by atoms with Crippen LogP contribution in [0.15, 0.2) is 17.1 Å². The van der Waals surface area contributed by atoms with Crippen LogP contribution in [0.5, 0.6) is 0 Å². The number of halogens is 4. The molecule has 0 spiro atoms. The molecule has 2 heterocycles. The third-order valence-corrected chi connectivity index (χ3v) is 3.42. The Kier molecular flexibility index (Phi) is 3.36. The molecule has 0 bridgehead atoms. The van der Waals surface area contributed by atoms with Crippen LogP contribution >= 0.6 is 0 Å². The Labute approximate surface area is 118 Å². The zero-order chi connectivity index (χ0) is 16.1. The van der Waals surface area contributed by atoms with E-state index < -0.39 is 35.6 Å². The average molecular weight is 306 g/mol. The van der Waals surface area contributed by atoms with Gasteiger partial charge in [0.1, 0.15) is 28.7 Å². The summed E-state index contributed by atoms with van der Waals surface area (Å²) in [4.78, 5) is 7.59. The minimum atomic E-state index is -4.73. The first-order valence-corrected chi connectivity index (χ1v) is 5.98. The summed E-state index contributed by atoms with van der Waals surface area (Å²) in [6.45, 7) is 1.62. The molecule has 21 heavy (non-hydrogen) atoms. The predicted octanol–water partition coefficient (Wildman–Crippen LogP) is 1.73. The summed E-state index contributed by atoms with van der Waals surface area (Å²) in [6.07, 6.45) is -4.73. The van der Waals surface area contributed by atoms with E-state index in [1.807, 2.05) is 0 Å². The molecule has 2 unspecified atom stereocenters. The summed E-state index contributed by atoms with van der Waals surface area (Å²) in [5.74, 6) is -1.51. The van der Waals surface area contributed by atoms with Crippen LogP contribution in [0.2, 0.25) is 0 Å². The molecule has 116 valence electrons. The van der Waals surface area contributed by atoms with Gasteiger partial charge >= 0.3 is 6.18 Å². The van der Waals surface area contributed by atoms with Crippen molar-refractivity contribution in [3.8, 4) is 0 Å². The van der Waals surface area contributed by atoms with E-state index >= 15 is 0 Å². The monoisotopic (exact) mass is 306 g/mol. The number of aliphatic imine (C=N–C) groups is 1. The van der Waals surface area contributed by atoms with Gasteiger partial charge in [-0.1, -0.05) is 0 Å². The smallest absolute Gasteiger partial charge is 0.385 e. The fourth-order valence-electron chi connectivity index (χ4n) is 1.95. The van der Waals surface area contributed by atoms with E-state index in [9.17, 15) is 17.6 Å². The summed E-state index contributed by atoms with van der Waals surface area (Å²) in [7, 11) is 0. The van der Waals surface area contributed by atoms with E-state index in [0.717, 1.165) is 13.0 Å². The van der Waals surface area contributed by atoms with Crippen LogP contribution in [-0.2, 0) is 10.3 Å². The largest absolute Gasteiger partial charge is 0.424 e. The Hall–Kier alpha value is -1.90. The molecule has 5 nitrogen and oxygen atoms in total. The predicted molar refractivity (Wildman–Crippen MR) is 68.0 cm³/mol. The molecule has 1 aromatic rings. The summed E-state index contributed by atoms with van der Waals surface area (Å²) in [6, 6.07) is 2.30. The van der Waals surface area contributed by atoms with Crippen molar-refractivity contribution in [1.29, 1.82) is 0 Å². The number of rotatable bonds is 1. The minimum Gasteiger partial charge on any atom is -0.385 e. The fourth-order valence-corrected chi connectivity index (χ4v) is 1.95. The SMILES string of the molecule is CC1(c2nc(N)ccc2F)COC(C)(C(F)(F)F)C(N)=N1. The molecule has 0 radical (unpaired) electrons. The van der Waals surface area contributed by atoms with Crippen molar-refractivity contribution in [3.63, 3.8) is 0 Å². The van der Waals surface area contributed by atoms with Crippen LogP contribution in [0.25, 0.3) is 0 Å². The molecule has 0 fully saturated rings. The number of ether oxygens (including phenoxy) is 1. The van der Waals surface area contributed by atoms with Crippen molar-refractivity contribution in [2.45, 2.75) is 31.2 Å². The number of nitrogens with zero attached hydrogens (tertiary/aromatic N) is 2. The maximum Gasteiger partial charge on any atom is 0.424 e. The van der Waals surface area contributed by atoms with Crippen molar-refractivity contribution in [2.75, 3.05) is 12.3 Å². The molecule has 0 saturated carbocycles. The number of amidine groups is 1. The average Bonchev–Trinajstić information content (AvgIpc) is 2.36. The molecule has 0 amide bonds. The molecule has 0 aliphatic carbocycles. The highest BCUT2D eigenvalue weighted by Crippen LogP contribution is 2.40. The lowest BCUT2D eigenvalue weighted by atomic mass is 9.93. The topological polar surface area (TPSA) is 86.5 Å². The maximum atomic E-state index is 13.8. The zero-order valence-electron chi connectivity index (χ0n) is 11.3. The number of hydrogen-bond donors (Lipinski definition) is 2. The highest BCUT2D eigenvalue weighted by Gasteiger charge is 2.59. The van der Waals surface area contributed by atoms with E-state index in [4.69, 9.17) is 16.2 Å². The van der Waals surface area contributed by atoms with Crippen LogP contribution in [0.4, 0.5) is 23.4 Å². The first kappa shape index (κ1) is 15.5. The molecule has 1 aromatic heterocycles. The van der Waals surface area contributed by atoms with E-state index in [1.165, 1.54) is 13.0 Å². The van der Waals surface area contributed by atoms with Crippen LogP contribution in [0.1, 0.15) is 19.5 Å². The van der Waals surface area contributed by atoms with Crippen molar-refractivity contribution in [1.82, 2.24) is 4.98 Å². The van der Waals surface area contributed by atoms with Gasteiger partial charge in [0.25, 0.3) is 0 Å². The van der Waals surface area contributed by atoms with Gasteiger partial charge in [-0.2, -0.15) is 13.2 Å². The second-order valence-corrected chi connectivity index (χ2v) is 5.16. The van der Waals surface area contributed by atoms with Crippen LogP contribution in [-0.4, -0.2) is 29.2 Å². The number of nitrogen functional groups attached to an aromatic ring is 1. The third kappa shape index (κ3) is 2.41. The van der Waals surface area contributed by atoms with Crippen LogP contribution < -0.4 is 11.5 Å². The minimum absolute atomic E-state index is 0.0190. The van der Waals surface area contributed by atoms with E-state index in [2.05, 4.69) is 9.98 Å². The van der Waals surface area contributed by atoms with Gasteiger partial charge in [0.15, 0.2) is 0 Å². The molecule has 2 atom stereocenters. The fraction of sp³-hybridized carbons (Fsp3) is 0.500. The van der Waals surface area contributed by atoms with Gasteiger partial charge < -0.3 is 16.2 Å². The maximum absolute atomic E-state index is 13.8. The summed E-state index contributed by atoms with van der Waals surface area (Å²) in [5.41, 5.74) is 6.50. The molecule has 2 rings (SSSR count). The van der Waals surface area contributed by atoms with Gasteiger partial charge in [0.05, 0.1) is 6.61 Å². The zero-order valence-corrected chi connectivity index (χ0v) is 11.3. The standard InChI is InChI=1S/C12H14F4N4O/c1-10(8-6(13)3-4-7(17)19-8)5-21-11(2,9(18)20-10)12(14,15)16/h3-4H,5H2,1-2H3,(H2,17,19)(H2,18,20). The molecule has 1 aliphatic heterocycles. The van der Waals surface area contributed by atoms with E-state index in [1.54, 1.807) is 0 Å². The quantitative estimate of drug-likeness (QED) is 0.774. The number of nitrogens with two attached hydrogens (primary N) is 2. The van der Waals surface area contributed by atoms with Crippen molar-refractivity contribution in [2.24, 2.45) is 10.7 Å². The number of hydrogen-bond acceptors (Lipinski definition) is 5.